The van der Waals surface area contributed by atoms with Crippen LogP contribution in [0.15, 0.2) is 0 Å². The summed E-state index contributed by atoms with van der Waals surface area (Å²) in [7, 11) is 3.25. The normalized spacial score (nSPS) is 11.6. The molecule has 2 aromatic carbocycles. The highest BCUT2D eigenvalue weighted by Crippen LogP contribution is 2.49. The fourth-order valence-electron chi connectivity index (χ4n) is 6.28. The molecule has 0 fully saturated rings. The molecule has 0 aliphatic carbocycles. The lowest BCUT2D eigenvalue weighted by molar-refractivity contribution is -0.0199. The van der Waals surface area contributed by atoms with Crippen LogP contribution in [-0.2, 0) is 66.3 Å². The van der Waals surface area contributed by atoms with Crippen LogP contribution in [0.25, 0.3) is 11.1 Å². The molecule has 0 unspecified atom stereocenters. The largest absolute Gasteiger partial charge is 0.489 e. The maximum absolute atomic E-state index is 14.1. The number of benzene rings is 2. The van der Waals surface area contributed by atoms with Gasteiger partial charge in [-0.25, -0.2) is 0 Å². The summed E-state index contributed by atoms with van der Waals surface area (Å²) >= 11 is 12.6. The van der Waals surface area contributed by atoms with E-state index in [-0.39, 0.29) is 50.8 Å². The first-order valence-electron chi connectivity index (χ1n) is 25.6. The number of rotatable bonds is 53. The van der Waals surface area contributed by atoms with Crippen LogP contribution < -0.4 is 20.1 Å². The summed E-state index contributed by atoms with van der Waals surface area (Å²) in [5, 5.41) is 45.1. The number of carbonyl (C=O) groups is 2. The fraction of sp³-hybridized carbons (Fsp3) is 0.720. The van der Waals surface area contributed by atoms with Crippen molar-refractivity contribution in [2.75, 3.05) is 226 Å². The van der Waals surface area contributed by atoms with E-state index in [4.69, 9.17) is 75.8 Å². The Labute approximate surface area is 550 Å². The van der Waals surface area contributed by atoms with Crippen molar-refractivity contribution in [3.63, 3.8) is 0 Å². The molecule has 2 rings (SSSR count). The topological polar surface area (TPSA) is 287 Å². The van der Waals surface area contributed by atoms with Crippen LogP contribution >= 0.6 is 136 Å². The molecule has 2 aromatic rings. The monoisotopic (exact) mass is 1820 g/mol. The van der Waals surface area contributed by atoms with Crippen molar-refractivity contribution in [1.29, 1.82) is 0 Å². The van der Waals surface area contributed by atoms with Gasteiger partial charge in [-0.3, -0.25) is 9.59 Å². The van der Waals surface area contributed by atoms with Crippen molar-refractivity contribution in [2.45, 2.75) is 12.1 Å². The third kappa shape index (κ3) is 31.5. The van der Waals surface area contributed by atoms with Gasteiger partial charge in [-0.15, -0.1) is 0 Å². The molecule has 0 saturated carbocycles. The van der Waals surface area contributed by atoms with Crippen molar-refractivity contribution < 1.29 is 106 Å². The predicted molar refractivity (Wildman–Crippen MR) is 344 cm³/mol. The van der Waals surface area contributed by atoms with Gasteiger partial charge in [-0.05, 0) is 136 Å². The first kappa shape index (κ1) is 76.7. The third-order valence-electron chi connectivity index (χ3n) is 10.3. The van der Waals surface area contributed by atoms with Crippen LogP contribution in [-0.4, -0.2) is 270 Å². The van der Waals surface area contributed by atoms with Crippen LogP contribution in [0.2, 0.25) is 0 Å². The lowest BCUT2D eigenvalue weighted by atomic mass is 9.99. The number of methoxy groups -OCH3 is 2. The van der Waals surface area contributed by atoms with E-state index in [2.05, 4.69) is 101 Å². The second-order valence-corrected chi connectivity index (χ2v) is 22.6. The molecule has 0 atom stereocenters. The fourth-order valence-corrected chi connectivity index (χ4v) is 15.3. The van der Waals surface area contributed by atoms with Gasteiger partial charge in [0.1, 0.15) is 24.7 Å². The van der Waals surface area contributed by atoms with E-state index in [1.165, 1.54) is 0 Å². The number of aliphatic hydroxyl groups excluding tert-OH is 4. The molecule has 0 aromatic heterocycles. The quantitative estimate of drug-likeness (QED) is 0.0409. The molecule has 0 spiro atoms. The minimum atomic E-state index is -0.949. The number of ether oxygens (including phenoxy) is 16. The molecule has 462 valence electrons. The smallest absolute Gasteiger partial charge is 0.253 e. The summed E-state index contributed by atoms with van der Waals surface area (Å²) in [4.78, 5) is 28.3. The molecular weight excluding hydrogens is 1740 g/mol. The highest BCUT2D eigenvalue weighted by Gasteiger charge is 2.33. The average molecular weight is 1820 g/mol. The standard InChI is InChI=1S/C50H78I6N2O22/c1-65-3-5-67-7-9-69-11-13-71-15-17-73-19-21-75-23-25-77-27-29-79-47-43(53)37(41(51)39(45(47)55)49(63)57-35(31-59)32-60)38-42(52)40(50(64)58-36(33-61)34-62)46(56)48(44(38)54)80-30-28-78-26-24-76-22-20-74-18-16-72-14-12-70-10-8-68-6-4-66-2/h35-36,59-62H,3-34H2,1-2H3,(H,57,63)(H,58,64). The molecule has 2 amide bonds. The van der Waals surface area contributed by atoms with E-state index < -0.39 is 50.3 Å². The Balaban J connectivity index is 2.11. The molecule has 0 radical (unpaired) electrons. The number of aliphatic hydroxyl groups is 4. The van der Waals surface area contributed by atoms with Crippen LogP contribution in [0.1, 0.15) is 20.7 Å². The number of halogens is 6. The van der Waals surface area contributed by atoms with E-state index in [0.717, 1.165) is 0 Å². The van der Waals surface area contributed by atoms with Gasteiger partial charge in [-0.1, -0.05) is 0 Å². The van der Waals surface area contributed by atoms with Crippen molar-refractivity contribution in [1.82, 2.24) is 10.6 Å². The van der Waals surface area contributed by atoms with E-state index in [1.54, 1.807) is 14.2 Å². The van der Waals surface area contributed by atoms with Gasteiger partial charge in [0.05, 0.1) is 236 Å². The zero-order valence-corrected chi connectivity index (χ0v) is 58.1. The minimum absolute atomic E-state index is 0.0884. The van der Waals surface area contributed by atoms with Gasteiger partial charge in [0, 0.05) is 32.5 Å². The molecule has 6 N–H and O–H groups in total. The Morgan fingerprint density at radius 3 is 0.725 bits per heavy atom. The summed E-state index contributed by atoms with van der Waals surface area (Å²) in [5.74, 6) is -0.436. The van der Waals surface area contributed by atoms with Gasteiger partial charge >= 0.3 is 0 Å². The summed E-state index contributed by atoms with van der Waals surface area (Å²) < 4.78 is 92.5. The Kier molecular flexibility index (Phi) is 48.6. The van der Waals surface area contributed by atoms with Crippen LogP contribution in [0.3, 0.4) is 0 Å². The number of hydrogen-bond acceptors (Lipinski definition) is 22. The van der Waals surface area contributed by atoms with Crippen molar-refractivity contribution in [2.24, 2.45) is 0 Å². The second kappa shape index (κ2) is 50.6. The Morgan fingerprint density at radius 1 is 0.325 bits per heavy atom. The average Bonchev–Trinajstić information content (AvgIpc) is 3.50. The summed E-state index contributed by atoms with van der Waals surface area (Å²) in [6, 6.07) is -1.90. The van der Waals surface area contributed by atoms with Gasteiger partial charge < -0.3 is 107 Å². The van der Waals surface area contributed by atoms with Gasteiger partial charge in [0.15, 0.2) is 0 Å². The molecule has 80 heavy (non-hydrogen) atoms. The van der Waals surface area contributed by atoms with Gasteiger partial charge in [0.25, 0.3) is 11.8 Å². The zero-order chi connectivity index (χ0) is 58.6. The van der Waals surface area contributed by atoms with Gasteiger partial charge in [-0.2, -0.15) is 0 Å². The molecule has 0 bridgehead atoms. The Hall–Kier alpha value is 0.640. The molecule has 0 aliphatic rings. The first-order valence-corrected chi connectivity index (χ1v) is 32.0. The zero-order valence-electron chi connectivity index (χ0n) is 45.2. The van der Waals surface area contributed by atoms with Crippen LogP contribution in [0.4, 0.5) is 0 Å². The van der Waals surface area contributed by atoms with Crippen molar-refractivity contribution in [3.8, 4) is 22.6 Å². The molecular formula is C50H78I6N2O22. The highest BCUT2D eigenvalue weighted by molar-refractivity contribution is 14.1. The number of hydrogen-bond donors (Lipinski definition) is 6. The number of carbonyl (C=O) groups excluding carboxylic acids is 2. The Morgan fingerprint density at radius 2 is 0.525 bits per heavy atom. The van der Waals surface area contributed by atoms with Gasteiger partial charge in [0.2, 0.25) is 0 Å². The summed E-state index contributed by atoms with van der Waals surface area (Å²) in [6.07, 6.45) is 0. The van der Waals surface area contributed by atoms with E-state index in [1.807, 2.05) is 45.2 Å². The number of nitrogens with one attached hydrogen (secondary N) is 2. The van der Waals surface area contributed by atoms with Crippen LogP contribution in [0.5, 0.6) is 11.5 Å². The lowest BCUT2D eigenvalue weighted by Crippen LogP contribution is -2.41. The second-order valence-electron chi connectivity index (χ2n) is 16.1. The molecule has 0 saturated heterocycles. The third-order valence-corrected chi connectivity index (χ3v) is 16.6. The van der Waals surface area contributed by atoms with E-state index in [9.17, 15) is 30.0 Å². The SMILES string of the molecule is COCCOCCOCCOCCOCCOCCOCCOc1c(I)c(C(=O)NC(CO)CO)c(I)c(-c2c(I)c(OCCOCCOCCOCCOCCOCCOCCOC)c(I)c(C(=O)NC(CO)CO)c2I)c1I. The predicted octanol–water partition coefficient (Wildman–Crippen LogP) is 3.40. The maximum atomic E-state index is 14.1. The van der Waals surface area contributed by atoms with E-state index in [0.29, 0.717) is 189 Å². The van der Waals surface area contributed by atoms with Crippen molar-refractivity contribution >= 4 is 147 Å². The lowest BCUT2D eigenvalue weighted by Gasteiger charge is -2.25. The summed E-state index contributed by atoms with van der Waals surface area (Å²) in [6.45, 7) is 8.90. The number of amides is 2. The molecule has 0 aliphatic heterocycles. The molecule has 30 heteroatoms. The molecule has 0 heterocycles. The van der Waals surface area contributed by atoms with Crippen molar-refractivity contribution in [3.05, 3.63) is 32.5 Å². The highest BCUT2D eigenvalue weighted by atomic mass is 127. The maximum Gasteiger partial charge on any atom is 0.253 e. The summed E-state index contributed by atoms with van der Waals surface area (Å²) in [5.41, 5.74) is 1.50. The first-order chi connectivity index (χ1) is 38.9. The van der Waals surface area contributed by atoms with E-state index >= 15 is 0 Å². The Bertz CT molecular complexity index is 1830. The van der Waals surface area contributed by atoms with Crippen LogP contribution in [0, 0.1) is 21.4 Å². The minimum Gasteiger partial charge on any atom is -0.489 e. The molecule has 24 nitrogen and oxygen atoms in total.